The largest absolute Gasteiger partial charge is 0.493 e. The van der Waals surface area contributed by atoms with Crippen molar-refractivity contribution in [3.05, 3.63) is 52.4 Å². The van der Waals surface area contributed by atoms with Crippen molar-refractivity contribution in [2.75, 3.05) is 20.3 Å². The lowest BCUT2D eigenvalue weighted by atomic mass is 10.3. The Bertz CT molecular complexity index is 935. The molecule has 0 atom stereocenters. The average molecular weight is 359 g/mol. The number of ether oxygens (including phenoxy) is 2. The Kier molecular flexibility index (Phi) is 5.30. The monoisotopic (exact) mass is 359 g/mol. The molecular weight excluding hydrogens is 342 g/mol. The van der Waals surface area contributed by atoms with Crippen LogP contribution >= 0.6 is 11.3 Å². The van der Waals surface area contributed by atoms with Gasteiger partial charge in [0.15, 0.2) is 11.5 Å². The molecule has 130 valence electrons. The molecule has 0 bridgehead atoms. The predicted molar refractivity (Wildman–Crippen MR) is 95.4 cm³/mol. The molecule has 2 aromatic heterocycles. The van der Waals surface area contributed by atoms with E-state index in [-0.39, 0.29) is 18.0 Å². The van der Waals surface area contributed by atoms with Crippen LogP contribution in [0.4, 0.5) is 0 Å². The van der Waals surface area contributed by atoms with Gasteiger partial charge in [-0.3, -0.25) is 14.2 Å². The van der Waals surface area contributed by atoms with E-state index in [9.17, 15) is 9.59 Å². The quantitative estimate of drug-likeness (QED) is 0.649. The van der Waals surface area contributed by atoms with Crippen LogP contribution in [0.5, 0.6) is 11.5 Å². The number of carbonyl (C=O) groups excluding carboxylic acids is 1. The van der Waals surface area contributed by atoms with Crippen LogP contribution in [0.1, 0.15) is 0 Å². The van der Waals surface area contributed by atoms with E-state index >= 15 is 0 Å². The van der Waals surface area contributed by atoms with Crippen molar-refractivity contribution in [1.82, 2.24) is 14.9 Å². The number of amides is 1. The fourth-order valence-corrected chi connectivity index (χ4v) is 3.03. The number of carbonyl (C=O) groups is 1. The fraction of sp³-hybridized carbons (Fsp3) is 0.235. The van der Waals surface area contributed by atoms with Gasteiger partial charge in [-0.2, -0.15) is 0 Å². The third-order valence-corrected chi connectivity index (χ3v) is 4.34. The summed E-state index contributed by atoms with van der Waals surface area (Å²) in [5.41, 5.74) is -0.216. The van der Waals surface area contributed by atoms with Gasteiger partial charge in [-0.05, 0) is 23.6 Å². The van der Waals surface area contributed by atoms with Gasteiger partial charge in [0.2, 0.25) is 5.91 Å². The van der Waals surface area contributed by atoms with Gasteiger partial charge in [0.1, 0.15) is 18.0 Å². The molecule has 0 aliphatic heterocycles. The highest BCUT2D eigenvalue weighted by Gasteiger charge is 2.09. The van der Waals surface area contributed by atoms with Crippen LogP contribution in [0, 0.1) is 0 Å². The van der Waals surface area contributed by atoms with Crippen LogP contribution in [0.2, 0.25) is 0 Å². The molecule has 3 aromatic rings. The molecule has 0 aliphatic rings. The number of thiophene rings is 1. The standard InChI is InChI=1S/C17H17N3O4S/c1-23-13-4-2-3-5-14(13)24-8-7-18-15(21)10-20-11-19-16-12(17(20)22)6-9-25-16/h2-6,9,11H,7-8,10H2,1H3,(H,18,21). The van der Waals surface area contributed by atoms with E-state index in [0.29, 0.717) is 34.9 Å². The summed E-state index contributed by atoms with van der Waals surface area (Å²) in [6.07, 6.45) is 1.39. The molecule has 0 saturated heterocycles. The summed E-state index contributed by atoms with van der Waals surface area (Å²) in [5, 5.41) is 5.05. The van der Waals surface area contributed by atoms with E-state index < -0.39 is 0 Å². The normalized spacial score (nSPS) is 10.6. The fourth-order valence-electron chi connectivity index (χ4n) is 2.31. The number of methoxy groups -OCH3 is 1. The van der Waals surface area contributed by atoms with E-state index in [2.05, 4.69) is 10.3 Å². The van der Waals surface area contributed by atoms with Crippen LogP contribution in [0.15, 0.2) is 46.8 Å². The van der Waals surface area contributed by atoms with Crippen LogP contribution in [0.25, 0.3) is 10.2 Å². The second-order valence-corrected chi connectivity index (χ2v) is 6.06. The summed E-state index contributed by atoms with van der Waals surface area (Å²) in [4.78, 5) is 29.1. The molecule has 1 N–H and O–H groups in total. The smallest absolute Gasteiger partial charge is 0.262 e. The van der Waals surface area contributed by atoms with E-state index in [1.807, 2.05) is 12.1 Å². The highest BCUT2D eigenvalue weighted by atomic mass is 32.1. The minimum Gasteiger partial charge on any atom is -0.493 e. The Hall–Kier alpha value is -2.87. The highest BCUT2D eigenvalue weighted by molar-refractivity contribution is 7.16. The van der Waals surface area contributed by atoms with E-state index in [1.165, 1.54) is 22.2 Å². The van der Waals surface area contributed by atoms with Crippen LogP contribution in [-0.2, 0) is 11.3 Å². The van der Waals surface area contributed by atoms with Gasteiger partial charge >= 0.3 is 0 Å². The molecule has 0 aliphatic carbocycles. The first-order valence-corrected chi connectivity index (χ1v) is 8.52. The summed E-state index contributed by atoms with van der Waals surface area (Å²) in [6, 6.07) is 9.00. The number of nitrogens with zero attached hydrogens (tertiary/aromatic N) is 2. The highest BCUT2D eigenvalue weighted by Crippen LogP contribution is 2.25. The summed E-state index contributed by atoms with van der Waals surface area (Å²) in [5.74, 6) is 0.972. The topological polar surface area (TPSA) is 82.4 Å². The molecule has 0 spiro atoms. The minimum absolute atomic E-state index is 0.0771. The van der Waals surface area contributed by atoms with Crippen molar-refractivity contribution in [3.63, 3.8) is 0 Å². The molecule has 0 saturated carbocycles. The first-order valence-electron chi connectivity index (χ1n) is 7.64. The average Bonchev–Trinajstić information content (AvgIpc) is 3.11. The number of para-hydroxylation sites is 2. The third-order valence-electron chi connectivity index (χ3n) is 3.52. The number of nitrogens with one attached hydrogen (secondary N) is 1. The second kappa shape index (κ2) is 7.80. The summed E-state index contributed by atoms with van der Waals surface area (Å²) in [7, 11) is 1.57. The Morgan fingerprint density at radius 1 is 1.28 bits per heavy atom. The van der Waals surface area contributed by atoms with Gasteiger partial charge in [0, 0.05) is 0 Å². The number of benzene rings is 1. The van der Waals surface area contributed by atoms with Crippen LogP contribution in [-0.4, -0.2) is 35.7 Å². The van der Waals surface area contributed by atoms with Crippen LogP contribution < -0.4 is 20.3 Å². The SMILES string of the molecule is COc1ccccc1OCCNC(=O)Cn1cnc2sccc2c1=O. The van der Waals surface area contributed by atoms with E-state index in [0.717, 1.165) is 0 Å². The van der Waals surface area contributed by atoms with Crippen molar-refractivity contribution in [2.45, 2.75) is 6.54 Å². The maximum atomic E-state index is 12.2. The number of rotatable bonds is 7. The molecule has 25 heavy (non-hydrogen) atoms. The van der Waals surface area contributed by atoms with Gasteiger partial charge in [-0.25, -0.2) is 4.98 Å². The number of hydrogen-bond donors (Lipinski definition) is 1. The third kappa shape index (κ3) is 3.97. The molecule has 0 fully saturated rings. The predicted octanol–water partition coefficient (Wildman–Crippen LogP) is 1.66. The first kappa shape index (κ1) is 17.0. The maximum absolute atomic E-state index is 12.2. The Labute approximate surface area is 147 Å². The molecule has 1 amide bonds. The van der Waals surface area contributed by atoms with Crippen molar-refractivity contribution >= 4 is 27.5 Å². The molecule has 0 unspecified atom stereocenters. The van der Waals surface area contributed by atoms with Gasteiger partial charge in [0.05, 0.1) is 25.4 Å². The molecular formula is C17H17N3O4S. The van der Waals surface area contributed by atoms with Gasteiger partial charge in [-0.15, -0.1) is 11.3 Å². The van der Waals surface area contributed by atoms with Crippen molar-refractivity contribution in [2.24, 2.45) is 0 Å². The Morgan fingerprint density at radius 2 is 2.08 bits per heavy atom. The van der Waals surface area contributed by atoms with Crippen molar-refractivity contribution in [1.29, 1.82) is 0 Å². The van der Waals surface area contributed by atoms with Gasteiger partial charge < -0.3 is 14.8 Å². The summed E-state index contributed by atoms with van der Waals surface area (Å²) < 4.78 is 12.1. The van der Waals surface area contributed by atoms with Gasteiger partial charge in [-0.1, -0.05) is 12.1 Å². The van der Waals surface area contributed by atoms with Crippen LogP contribution in [0.3, 0.4) is 0 Å². The zero-order chi connectivity index (χ0) is 17.6. The lowest BCUT2D eigenvalue weighted by Gasteiger charge is -2.11. The van der Waals surface area contributed by atoms with E-state index in [4.69, 9.17) is 9.47 Å². The molecule has 1 aromatic carbocycles. The zero-order valence-electron chi connectivity index (χ0n) is 13.6. The summed E-state index contributed by atoms with van der Waals surface area (Å²) in [6.45, 7) is 0.537. The first-order chi connectivity index (χ1) is 12.2. The van der Waals surface area contributed by atoms with E-state index in [1.54, 1.807) is 30.7 Å². The molecule has 8 heteroatoms. The lowest BCUT2D eigenvalue weighted by molar-refractivity contribution is -0.121. The molecule has 3 rings (SSSR count). The number of aromatic nitrogens is 2. The lowest BCUT2D eigenvalue weighted by Crippen LogP contribution is -2.34. The maximum Gasteiger partial charge on any atom is 0.262 e. The molecule has 0 radical (unpaired) electrons. The van der Waals surface area contributed by atoms with Crippen molar-refractivity contribution < 1.29 is 14.3 Å². The molecule has 2 heterocycles. The zero-order valence-corrected chi connectivity index (χ0v) is 14.4. The Morgan fingerprint density at radius 3 is 2.88 bits per heavy atom. The molecule has 7 nitrogen and oxygen atoms in total. The summed E-state index contributed by atoms with van der Waals surface area (Å²) >= 11 is 1.40. The minimum atomic E-state index is -0.276. The Balaban J connectivity index is 1.51. The number of fused-ring (bicyclic) bond motifs is 1. The van der Waals surface area contributed by atoms with Crippen molar-refractivity contribution in [3.8, 4) is 11.5 Å². The second-order valence-electron chi connectivity index (χ2n) is 5.17. The van der Waals surface area contributed by atoms with Gasteiger partial charge in [0.25, 0.3) is 5.56 Å². The number of hydrogen-bond acceptors (Lipinski definition) is 6.